The second-order valence-electron chi connectivity index (χ2n) is 3.66. The van der Waals surface area contributed by atoms with E-state index < -0.39 is 0 Å². The molecule has 3 heteroatoms. The largest absolute Gasteiger partial charge is 0.380 e. The van der Waals surface area contributed by atoms with E-state index in [1.54, 1.807) is 7.11 Å². The lowest BCUT2D eigenvalue weighted by Gasteiger charge is -2.16. The summed E-state index contributed by atoms with van der Waals surface area (Å²) in [4.78, 5) is 2.40. The summed E-state index contributed by atoms with van der Waals surface area (Å²) in [6.07, 6.45) is 1.59. The number of likely N-dealkylation sites (tertiary alicyclic amines) is 1. The second-order valence-corrected chi connectivity index (χ2v) is 3.66. The molecule has 0 aromatic rings. The normalized spacial score (nSPS) is 23.7. The predicted molar refractivity (Wildman–Crippen MR) is 54.9 cm³/mol. The van der Waals surface area contributed by atoms with E-state index in [0.717, 1.165) is 32.6 Å². The van der Waals surface area contributed by atoms with Crippen LogP contribution in [0.25, 0.3) is 0 Å². The molecule has 1 unspecified atom stereocenters. The first-order chi connectivity index (χ1) is 6.26. The number of ether oxygens (including phenoxy) is 1. The van der Waals surface area contributed by atoms with Crippen LogP contribution >= 0.6 is 0 Å². The summed E-state index contributed by atoms with van der Waals surface area (Å²) in [6, 6.07) is 0. The lowest BCUT2D eigenvalue weighted by atomic mass is 10.3. The molecule has 1 saturated heterocycles. The van der Waals surface area contributed by atoms with Gasteiger partial charge in [0.1, 0.15) is 0 Å². The molecule has 1 N–H and O–H groups in total. The maximum absolute atomic E-state index is 5.30. The molecule has 0 aromatic heterocycles. The van der Waals surface area contributed by atoms with E-state index in [4.69, 9.17) is 4.74 Å². The number of hydrogen-bond acceptors (Lipinski definition) is 3. The number of rotatable bonds is 5. The van der Waals surface area contributed by atoms with Crippen LogP contribution < -0.4 is 5.32 Å². The fraction of sp³-hybridized carbons (Fsp3) is 0.800. The Morgan fingerprint density at radius 1 is 1.69 bits per heavy atom. The van der Waals surface area contributed by atoms with E-state index in [1.165, 1.54) is 5.57 Å². The van der Waals surface area contributed by atoms with E-state index in [-0.39, 0.29) is 0 Å². The van der Waals surface area contributed by atoms with Crippen molar-refractivity contribution in [2.24, 2.45) is 0 Å². The summed E-state index contributed by atoms with van der Waals surface area (Å²) in [5, 5.41) is 3.11. The average molecular weight is 184 g/mol. The SMILES string of the molecule is C=C(CNC)CN1CCC(OC)C1. The molecule has 1 rings (SSSR count). The summed E-state index contributed by atoms with van der Waals surface area (Å²) in [5.74, 6) is 0. The Balaban J connectivity index is 2.19. The van der Waals surface area contributed by atoms with Crippen LogP contribution in [0.4, 0.5) is 0 Å². The average Bonchev–Trinajstić information content (AvgIpc) is 2.52. The molecule has 1 heterocycles. The summed E-state index contributed by atoms with van der Waals surface area (Å²) < 4.78 is 5.30. The lowest BCUT2D eigenvalue weighted by Crippen LogP contribution is -2.27. The second kappa shape index (κ2) is 5.37. The Kier molecular flexibility index (Phi) is 4.42. The van der Waals surface area contributed by atoms with E-state index in [0.29, 0.717) is 6.10 Å². The predicted octanol–water partition coefficient (Wildman–Crippen LogP) is 0.483. The molecule has 0 amide bonds. The van der Waals surface area contributed by atoms with Gasteiger partial charge in [0.25, 0.3) is 0 Å². The molecule has 0 bridgehead atoms. The molecule has 1 fully saturated rings. The molecule has 3 nitrogen and oxygen atoms in total. The van der Waals surface area contributed by atoms with Crippen LogP contribution in [0.15, 0.2) is 12.2 Å². The first-order valence-electron chi connectivity index (χ1n) is 4.82. The lowest BCUT2D eigenvalue weighted by molar-refractivity contribution is 0.109. The zero-order chi connectivity index (χ0) is 9.68. The van der Waals surface area contributed by atoms with E-state index in [9.17, 15) is 0 Å². The van der Waals surface area contributed by atoms with Gasteiger partial charge in [-0.15, -0.1) is 0 Å². The fourth-order valence-corrected chi connectivity index (χ4v) is 1.76. The highest BCUT2D eigenvalue weighted by atomic mass is 16.5. The molecule has 13 heavy (non-hydrogen) atoms. The maximum atomic E-state index is 5.30. The van der Waals surface area contributed by atoms with E-state index in [1.807, 2.05) is 7.05 Å². The number of hydrogen-bond donors (Lipinski definition) is 1. The van der Waals surface area contributed by atoms with Crippen molar-refractivity contribution in [3.8, 4) is 0 Å². The number of nitrogens with one attached hydrogen (secondary N) is 1. The van der Waals surface area contributed by atoms with Gasteiger partial charge in [0.2, 0.25) is 0 Å². The van der Waals surface area contributed by atoms with Gasteiger partial charge in [-0.1, -0.05) is 6.58 Å². The van der Waals surface area contributed by atoms with Gasteiger partial charge in [0.15, 0.2) is 0 Å². The minimum Gasteiger partial charge on any atom is -0.380 e. The Bertz CT molecular complexity index is 170. The zero-order valence-electron chi connectivity index (χ0n) is 8.68. The Labute approximate surface area is 80.8 Å². The third-order valence-electron chi connectivity index (χ3n) is 2.44. The van der Waals surface area contributed by atoms with Crippen molar-refractivity contribution >= 4 is 0 Å². The molecule has 1 aliphatic heterocycles. The summed E-state index contributed by atoms with van der Waals surface area (Å²) in [6.45, 7) is 8.12. The van der Waals surface area contributed by atoms with Crippen LogP contribution in [-0.4, -0.2) is 51.3 Å². The molecule has 0 saturated carbocycles. The van der Waals surface area contributed by atoms with Crippen molar-refractivity contribution in [3.63, 3.8) is 0 Å². The van der Waals surface area contributed by atoms with Crippen molar-refractivity contribution in [1.82, 2.24) is 10.2 Å². The monoisotopic (exact) mass is 184 g/mol. The maximum Gasteiger partial charge on any atom is 0.0710 e. The van der Waals surface area contributed by atoms with Crippen LogP contribution in [-0.2, 0) is 4.74 Å². The molecule has 1 aliphatic rings. The number of methoxy groups -OCH3 is 1. The van der Waals surface area contributed by atoms with Crippen molar-refractivity contribution < 1.29 is 4.74 Å². The van der Waals surface area contributed by atoms with Crippen molar-refractivity contribution in [2.75, 3.05) is 40.3 Å². The number of nitrogens with zero attached hydrogens (tertiary/aromatic N) is 1. The van der Waals surface area contributed by atoms with Gasteiger partial charge in [-0.05, 0) is 19.0 Å². The Morgan fingerprint density at radius 2 is 2.46 bits per heavy atom. The zero-order valence-corrected chi connectivity index (χ0v) is 8.68. The van der Waals surface area contributed by atoms with Gasteiger partial charge in [0.05, 0.1) is 6.10 Å². The Morgan fingerprint density at radius 3 is 3.00 bits per heavy atom. The van der Waals surface area contributed by atoms with Crippen LogP contribution in [0.5, 0.6) is 0 Å². The minimum absolute atomic E-state index is 0.433. The summed E-state index contributed by atoms with van der Waals surface area (Å²) >= 11 is 0. The first-order valence-corrected chi connectivity index (χ1v) is 4.82. The quantitative estimate of drug-likeness (QED) is 0.629. The molecule has 0 radical (unpaired) electrons. The molecule has 1 atom stereocenters. The highest BCUT2D eigenvalue weighted by molar-refractivity contribution is 5.00. The van der Waals surface area contributed by atoms with Gasteiger partial charge >= 0.3 is 0 Å². The van der Waals surface area contributed by atoms with Gasteiger partial charge in [-0.25, -0.2) is 0 Å². The summed E-state index contributed by atoms with van der Waals surface area (Å²) in [7, 11) is 3.74. The highest BCUT2D eigenvalue weighted by Crippen LogP contribution is 2.12. The number of likely N-dealkylation sites (N-methyl/N-ethyl adjacent to an activating group) is 1. The molecule has 76 valence electrons. The van der Waals surface area contributed by atoms with E-state index >= 15 is 0 Å². The third-order valence-corrected chi connectivity index (χ3v) is 2.44. The van der Waals surface area contributed by atoms with Crippen molar-refractivity contribution in [1.29, 1.82) is 0 Å². The van der Waals surface area contributed by atoms with Gasteiger partial charge in [-0.3, -0.25) is 4.90 Å². The third kappa shape index (κ3) is 3.46. The smallest absolute Gasteiger partial charge is 0.0710 e. The molecule has 0 spiro atoms. The van der Waals surface area contributed by atoms with Gasteiger partial charge in [0, 0.05) is 33.3 Å². The van der Waals surface area contributed by atoms with Crippen LogP contribution in [0.2, 0.25) is 0 Å². The Hall–Kier alpha value is -0.380. The van der Waals surface area contributed by atoms with Crippen LogP contribution in [0.1, 0.15) is 6.42 Å². The van der Waals surface area contributed by atoms with Crippen LogP contribution in [0, 0.1) is 0 Å². The van der Waals surface area contributed by atoms with E-state index in [2.05, 4.69) is 16.8 Å². The van der Waals surface area contributed by atoms with Crippen molar-refractivity contribution in [2.45, 2.75) is 12.5 Å². The molecular formula is C10H20N2O. The summed E-state index contributed by atoms with van der Waals surface area (Å²) in [5.41, 5.74) is 1.25. The van der Waals surface area contributed by atoms with Gasteiger partial charge < -0.3 is 10.1 Å². The van der Waals surface area contributed by atoms with Gasteiger partial charge in [-0.2, -0.15) is 0 Å². The molecular weight excluding hydrogens is 164 g/mol. The van der Waals surface area contributed by atoms with Crippen molar-refractivity contribution in [3.05, 3.63) is 12.2 Å². The highest BCUT2D eigenvalue weighted by Gasteiger charge is 2.21. The first kappa shape index (κ1) is 10.7. The fourth-order valence-electron chi connectivity index (χ4n) is 1.76. The standard InChI is InChI=1S/C10H20N2O/c1-9(6-11-2)7-12-5-4-10(8-12)13-3/h10-11H,1,4-8H2,2-3H3. The molecule has 0 aliphatic carbocycles. The minimum atomic E-state index is 0.433. The van der Waals surface area contributed by atoms with Crippen LogP contribution in [0.3, 0.4) is 0 Å². The molecule has 0 aromatic carbocycles. The topological polar surface area (TPSA) is 24.5 Å².